The van der Waals surface area contributed by atoms with Crippen LogP contribution in [0.3, 0.4) is 0 Å². The molecule has 0 saturated heterocycles. The molecule has 0 fully saturated rings. The molecule has 0 atom stereocenters. The SMILES string of the molecule is COC(=O)c1sc(NC(=O)c2cc(OC)c(OC)c(OC)c2)c(C#N)c1C. The first-order valence-electron chi connectivity index (χ1n) is 7.64. The number of hydrogen-bond donors (Lipinski definition) is 1. The second kappa shape index (κ2) is 8.42. The fourth-order valence-corrected chi connectivity index (χ4v) is 3.48. The zero-order valence-corrected chi connectivity index (χ0v) is 16.3. The van der Waals surface area contributed by atoms with Crippen LogP contribution in [0.5, 0.6) is 17.2 Å². The highest BCUT2D eigenvalue weighted by atomic mass is 32.1. The van der Waals surface area contributed by atoms with E-state index in [9.17, 15) is 14.9 Å². The first kappa shape index (κ1) is 20.1. The number of amides is 1. The first-order valence-corrected chi connectivity index (χ1v) is 8.46. The van der Waals surface area contributed by atoms with Gasteiger partial charge in [0.15, 0.2) is 11.5 Å². The number of hydrogen-bond acceptors (Lipinski definition) is 8. The van der Waals surface area contributed by atoms with Crippen LogP contribution in [-0.2, 0) is 4.74 Å². The Bertz CT molecular complexity index is 904. The van der Waals surface area contributed by atoms with Crippen molar-refractivity contribution in [2.75, 3.05) is 33.8 Å². The molecule has 142 valence electrons. The number of nitrogens with one attached hydrogen (secondary N) is 1. The second-order valence-electron chi connectivity index (χ2n) is 5.23. The van der Waals surface area contributed by atoms with Crippen LogP contribution in [0.1, 0.15) is 31.2 Å². The third-order valence-electron chi connectivity index (χ3n) is 3.78. The minimum Gasteiger partial charge on any atom is -0.493 e. The van der Waals surface area contributed by atoms with Crippen molar-refractivity contribution in [3.63, 3.8) is 0 Å². The Morgan fingerprint density at radius 3 is 2.11 bits per heavy atom. The lowest BCUT2D eigenvalue weighted by molar-refractivity contribution is 0.0605. The summed E-state index contributed by atoms with van der Waals surface area (Å²) in [5, 5.41) is 12.3. The summed E-state index contributed by atoms with van der Waals surface area (Å²) in [5.41, 5.74) is 0.898. The number of nitrogens with zero attached hydrogens (tertiary/aromatic N) is 1. The predicted molar refractivity (Wildman–Crippen MR) is 99.2 cm³/mol. The number of carbonyl (C=O) groups excluding carboxylic acids is 2. The molecular formula is C18H18N2O6S. The van der Waals surface area contributed by atoms with Gasteiger partial charge in [-0.05, 0) is 24.6 Å². The van der Waals surface area contributed by atoms with Crippen LogP contribution in [0, 0.1) is 18.3 Å². The molecule has 1 amide bonds. The molecule has 0 aliphatic heterocycles. The van der Waals surface area contributed by atoms with Crippen molar-refractivity contribution in [1.82, 2.24) is 0 Å². The Morgan fingerprint density at radius 2 is 1.67 bits per heavy atom. The van der Waals surface area contributed by atoms with Gasteiger partial charge in [-0.25, -0.2) is 4.79 Å². The van der Waals surface area contributed by atoms with E-state index in [1.807, 2.05) is 6.07 Å². The van der Waals surface area contributed by atoms with Crippen LogP contribution in [0.25, 0.3) is 0 Å². The highest BCUT2D eigenvalue weighted by Gasteiger charge is 2.23. The molecule has 27 heavy (non-hydrogen) atoms. The van der Waals surface area contributed by atoms with Crippen molar-refractivity contribution < 1.29 is 28.5 Å². The van der Waals surface area contributed by atoms with Gasteiger partial charge in [0.05, 0.1) is 34.0 Å². The third-order valence-corrected chi connectivity index (χ3v) is 4.97. The van der Waals surface area contributed by atoms with Gasteiger partial charge in [-0.1, -0.05) is 0 Å². The average Bonchev–Trinajstić information content (AvgIpc) is 3.00. The van der Waals surface area contributed by atoms with E-state index in [1.165, 1.54) is 40.6 Å². The lowest BCUT2D eigenvalue weighted by Crippen LogP contribution is -2.12. The fraction of sp³-hybridized carbons (Fsp3) is 0.278. The van der Waals surface area contributed by atoms with Crippen molar-refractivity contribution in [1.29, 1.82) is 5.26 Å². The molecule has 9 heteroatoms. The molecule has 0 saturated carbocycles. The molecule has 0 spiro atoms. The maximum absolute atomic E-state index is 12.7. The monoisotopic (exact) mass is 390 g/mol. The van der Waals surface area contributed by atoms with Crippen LogP contribution < -0.4 is 19.5 Å². The zero-order valence-electron chi connectivity index (χ0n) is 15.5. The van der Waals surface area contributed by atoms with Crippen LogP contribution in [0.2, 0.25) is 0 Å². The molecule has 0 aliphatic rings. The van der Waals surface area contributed by atoms with Crippen LogP contribution >= 0.6 is 11.3 Å². The molecule has 2 rings (SSSR count). The Kier molecular flexibility index (Phi) is 6.26. The van der Waals surface area contributed by atoms with E-state index in [0.717, 1.165) is 11.3 Å². The standard InChI is InChI=1S/C18H18N2O6S/c1-9-11(8-19)17(27-15(9)18(22)26-5)20-16(21)10-6-12(23-2)14(25-4)13(7-10)24-3/h6-7H,1-5H3,(H,20,21). The van der Waals surface area contributed by atoms with Gasteiger partial charge in [-0.3, -0.25) is 4.79 Å². The van der Waals surface area contributed by atoms with Gasteiger partial charge in [0.25, 0.3) is 5.91 Å². The van der Waals surface area contributed by atoms with Gasteiger partial charge in [-0.2, -0.15) is 5.26 Å². The largest absolute Gasteiger partial charge is 0.493 e. The summed E-state index contributed by atoms with van der Waals surface area (Å²) in [7, 11) is 5.60. The Hall–Kier alpha value is -3.25. The summed E-state index contributed by atoms with van der Waals surface area (Å²) < 4.78 is 20.4. The molecule has 0 bridgehead atoms. The first-order chi connectivity index (χ1) is 12.9. The van der Waals surface area contributed by atoms with Crippen molar-refractivity contribution in [3.05, 3.63) is 33.7 Å². The van der Waals surface area contributed by atoms with Gasteiger partial charge in [0.1, 0.15) is 15.9 Å². The molecule has 0 unspecified atom stereocenters. The molecule has 2 aromatic rings. The lowest BCUT2D eigenvalue weighted by atomic mass is 10.1. The maximum Gasteiger partial charge on any atom is 0.348 e. The van der Waals surface area contributed by atoms with Gasteiger partial charge >= 0.3 is 5.97 Å². The number of thiophene rings is 1. The molecule has 0 aliphatic carbocycles. The Morgan fingerprint density at radius 1 is 1.07 bits per heavy atom. The van der Waals surface area contributed by atoms with Gasteiger partial charge in [-0.15, -0.1) is 11.3 Å². The normalized spacial score (nSPS) is 9.93. The van der Waals surface area contributed by atoms with Crippen LogP contribution in [0.15, 0.2) is 12.1 Å². The van der Waals surface area contributed by atoms with E-state index in [1.54, 1.807) is 6.92 Å². The minimum absolute atomic E-state index is 0.209. The fourth-order valence-electron chi connectivity index (χ4n) is 2.41. The maximum atomic E-state index is 12.7. The van der Waals surface area contributed by atoms with Crippen LogP contribution in [-0.4, -0.2) is 40.3 Å². The molecule has 1 aromatic heterocycles. The molecular weight excluding hydrogens is 372 g/mol. The van der Waals surface area contributed by atoms with Crippen molar-refractivity contribution >= 4 is 28.2 Å². The highest BCUT2D eigenvalue weighted by molar-refractivity contribution is 7.18. The van der Waals surface area contributed by atoms with E-state index in [0.29, 0.717) is 22.8 Å². The van der Waals surface area contributed by atoms with Crippen LogP contribution in [0.4, 0.5) is 5.00 Å². The number of esters is 1. The molecule has 1 N–H and O–H groups in total. The Balaban J connectivity index is 2.44. The third kappa shape index (κ3) is 3.80. The number of ether oxygens (including phenoxy) is 4. The quantitative estimate of drug-likeness (QED) is 0.756. The molecule has 8 nitrogen and oxygen atoms in total. The summed E-state index contributed by atoms with van der Waals surface area (Å²) in [5.74, 6) is -0.0693. The minimum atomic E-state index is -0.567. The summed E-state index contributed by atoms with van der Waals surface area (Å²) >= 11 is 0.978. The highest BCUT2D eigenvalue weighted by Crippen LogP contribution is 2.39. The predicted octanol–water partition coefficient (Wildman–Crippen LogP) is 2.99. The zero-order chi connectivity index (χ0) is 20.1. The van der Waals surface area contributed by atoms with Crippen molar-refractivity contribution in [2.24, 2.45) is 0 Å². The number of nitriles is 1. The smallest absolute Gasteiger partial charge is 0.348 e. The Labute approximate surface area is 160 Å². The van der Waals surface area contributed by atoms with Crippen molar-refractivity contribution in [2.45, 2.75) is 6.92 Å². The number of methoxy groups -OCH3 is 4. The number of rotatable bonds is 6. The summed E-state index contributed by atoms with van der Waals surface area (Å²) in [4.78, 5) is 24.8. The van der Waals surface area contributed by atoms with Gasteiger partial charge < -0.3 is 24.3 Å². The van der Waals surface area contributed by atoms with E-state index in [4.69, 9.17) is 18.9 Å². The van der Waals surface area contributed by atoms with E-state index >= 15 is 0 Å². The van der Waals surface area contributed by atoms with E-state index in [2.05, 4.69) is 5.32 Å². The molecule has 1 aromatic carbocycles. The molecule has 1 heterocycles. The second-order valence-corrected chi connectivity index (χ2v) is 6.25. The average molecular weight is 390 g/mol. The topological polar surface area (TPSA) is 107 Å². The molecule has 0 radical (unpaired) electrons. The summed E-state index contributed by atoms with van der Waals surface area (Å²) in [6.45, 7) is 1.62. The summed E-state index contributed by atoms with van der Waals surface area (Å²) in [6, 6.07) is 4.98. The van der Waals surface area contributed by atoms with Gasteiger partial charge in [0, 0.05) is 5.56 Å². The number of benzene rings is 1. The number of anilines is 1. The van der Waals surface area contributed by atoms with E-state index in [-0.39, 0.29) is 21.0 Å². The van der Waals surface area contributed by atoms with Crippen molar-refractivity contribution in [3.8, 4) is 23.3 Å². The lowest BCUT2D eigenvalue weighted by Gasteiger charge is -2.13. The summed E-state index contributed by atoms with van der Waals surface area (Å²) in [6.07, 6.45) is 0. The van der Waals surface area contributed by atoms with E-state index < -0.39 is 11.9 Å². The van der Waals surface area contributed by atoms with Gasteiger partial charge in [0.2, 0.25) is 5.75 Å². The number of carbonyl (C=O) groups is 2.